The van der Waals surface area contributed by atoms with Crippen molar-refractivity contribution >= 4 is 17.1 Å². The van der Waals surface area contributed by atoms with E-state index in [0.29, 0.717) is 22.2 Å². The fourth-order valence-electron chi connectivity index (χ4n) is 2.81. The number of ether oxygens (including phenoxy) is 1. The van der Waals surface area contributed by atoms with Crippen molar-refractivity contribution in [2.75, 3.05) is 0 Å². The van der Waals surface area contributed by atoms with E-state index in [1.807, 2.05) is 0 Å². The van der Waals surface area contributed by atoms with Gasteiger partial charge in [-0.05, 0) is 47.5 Å². The molecule has 0 amide bonds. The number of para-hydroxylation sites is 1. The van der Waals surface area contributed by atoms with Gasteiger partial charge >= 0.3 is 5.69 Å². The van der Waals surface area contributed by atoms with Crippen molar-refractivity contribution < 1.29 is 9.13 Å². The van der Waals surface area contributed by atoms with Crippen LogP contribution in [0.4, 0.5) is 4.39 Å². The molecule has 0 unspecified atom stereocenters. The van der Waals surface area contributed by atoms with E-state index in [9.17, 15) is 14.0 Å². The van der Waals surface area contributed by atoms with Crippen molar-refractivity contribution in [3.63, 3.8) is 0 Å². The van der Waals surface area contributed by atoms with E-state index in [-0.39, 0.29) is 12.4 Å². The van der Waals surface area contributed by atoms with Gasteiger partial charge in [0.2, 0.25) is 0 Å². The average molecular weight is 389 g/mol. The standard InChI is InChI=1S/C22H16FN3O3/c23-17-10-8-15(9-11-17)14-29-18-5-3-4-16(12-18)13-24-26-21(27)19-6-1-2-7-20(19)25-22(26)28/h1-13H,14H2,(H,25,28). The first kappa shape index (κ1) is 18.4. The molecule has 0 aliphatic heterocycles. The van der Waals surface area contributed by atoms with Crippen LogP contribution in [0.5, 0.6) is 5.75 Å². The van der Waals surface area contributed by atoms with Crippen LogP contribution in [0.2, 0.25) is 0 Å². The molecule has 29 heavy (non-hydrogen) atoms. The lowest BCUT2D eigenvalue weighted by molar-refractivity contribution is 0.306. The summed E-state index contributed by atoms with van der Waals surface area (Å²) in [6.07, 6.45) is 1.41. The molecule has 0 spiro atoms. The van der Waals surface area contributed by atoms with Gasteiger partial charge in [0.05, 0.1) is 17.1 Å². The number of aromatic nitrogens is 2. The second-order valence-electron chi connectivity index (χ2n) is 6.32. The first-order valence-corrected chi connectivity index (χ1v) is 8.86. The van der Waals surface area contributed by atoms with Gasteiger partial charge in [-0.3, -0.25) is 4.79 Å². The Bertz CT molecular complexity index is 1310. The number of benzene rings is 3. The van der Waals surface area contributed by atoms with Gasteiger partial charge < -0.3 is 9.72 Å². The van der Waals surface area contributed by atoms with E-state index in [1.54, 1.807) is 60.7 Å². The van der Waals surface area contributed by atoms with Crippen LogP contribution in [0.25, 0.3) is 10.9 Å². The second-order valence-corrected chi connectivity index (χ2v) is 6.32. The lowest BCUT2D eigenvalue weighted by atomic mass is 10.2. The summed E-state index contributed by atoms with van der Waals surface area (Å²) < 4.78 is 19.5. The zero-order chi connectivity index (χ0) is 20.2. The van der Waals surface area contributed by atoms with Crippen LogP contribution in [0, 0.1) is 5.82 Å². The summed E-state index contributed by atoms with van der Waals surface area (Å²) in [5, 5.41) is 4.41. The van der Waals surface area contributed by atoms with E-state index < -0.39 is 11.2 Å². The van der Waals surface area contributed by atoms with Gasteiger partial charge in [-0.1, -0.05) is 36.4 Å². The highest BCUT2D eigenvalue weighted by molar-refractivity contribution is 5.80. The number of nitrogens with one attached hydrogen (secondary N) is 1. The maximum absolute atomic E-state index is 13.0. The molecule has 4 rings (SSSR count). The van der Waals surface area contributed by atoms with Gasteiger partial charge in [-0.15, -0.1) is 4.68 Å². The Morgan fingerprint density at radius 3 is 2.62 bits per heavy atom. The molecule has 0 bridgehead atoms. The van der Waals surface area contributed by atoms with Crippen LogP contribution in [0.3, 0.4) is 0 Å². The van der Waals surface area contributed by atoms with E-state index in [0.717, 1.165) is 10.2 Å². The van der Waals surface area contributed by atoms with Gasteiger partial charge in [0.15, 0.2) is 0 Å². The highest BCUT2D eigenvalue weighted by atomic mass is 19.1. The molecule has 0 saturated heterocycles. The topological polar surface area (TPSA) is 76.5 Å². The Hall–Kier alpha value is -4.00. The monoisotopic (exact) mass is 389 g/mol. The molecule has 0 saturated carbocycles. The van der Waals surface area contributed by atoms with E-state index in [4.69, 9.17) is 4.74 Å². The minimum atomic E-state index is -0.617. The molecule has 3 aromatic carbocycles. The molecule has 0 fully saturated rings. The van der Waals surface area contributed by atoms with Crippen molar-refractivity contribution in [2.24, 2.45) is 5.10 Å². The quantitative estimate of drug-likeness (QED) is 0.532. The SMILES string of the molecule is O=c1[nH]c2ccccc2c(=O)n1N=Cc1cccc(OCc2ccc(F)cc2)c1. The van der Waals surface area contributed by atoms with Crippen molar-refractivity contribution in [2.45, 2.75) is 6.61 Å². The Morgan fingerprint density at radius 1 is 1.00 bits per heavy atom. The lowest BCUT2D eigenvalue weighted by Crippen LogP contribution is -2.32. The molecular weight excluding hydrogens is 373 g/mol. The number of hydrogen-bond acceptors (Lipinski definition) is 4. The fraction of sp³-hybridized carbons (Fsp3) is 0.0455. The maximum atomic E-state index is 13.0. The van der Waals surface area contributed by atoms with Crippen molar-refractivity contribution in [3.8, 4) is 5.75 Å². The fourth-order valence-corrected chi connectivity index (χ4v) is 2.81. The highest BCUT2D eigenvalue weighted by Crippen LogP contribution is 2.14. The molecule has 7 heteroatoms. The summed E-state index contributed by atoms with van der Waals surface area (Å²) in [4.78, 5) is 27.3. The number of aromatic amines is 1. The number of rotatable bonds is 5. The molecule has 6 nitrogen and oxygen atoms in total. The van der Waals surface area contributed by atoms with Crippen LogP contribution in [-0.2, 0) is 6.61 Å². The van der Waals surface area contributed by atoms with Crippen LogP contribution in [0.1, 0.15) is 11.1 Å². The van der Waals surface area contributed by atoms with Crippen LogP contribution in [0.15, 0.2) is 87.5 Å². The Balaban J connectivity index is 1.56. The maximum Gasteiger partial charge on any atom is 0.349 e. The zero-order valence-electron chi connectivity index (χ0n) is 15.2. The van der Waals surface area contributed by atoms with Gasteiger partial charge in [0.25, 0.3) is 5.56 Å². The third-order valence-corrected chi connectivity index (χ3v) is 4.28. The lowest BCUT2D eigenvalue weighted by Gasteiger charge is -2.07. The molecule has 0 radical (unpaired) electrons. The van der Waals surface area contributed by atoms with Gasteiger partial charge in [0, 0.05) is 0 Å². The molecule has 0 aliphatic rings. The van der Waals surface area contributed by atoms with E-state index >= 15 is 0 Å². The first-order chi connectivity index (χ1) is 14.1. The summed E-state index contributed by atoms with van der Waals surface area (Å²) in [5.74, 6) is 0.281. The minimum absolute atomic E-state index is 0.282. The van der Waals surface area contributed by atoms with Crippen molar-refractivity contribution in [3.05, 3.63) is 111 Å². The number of hydrogen-bond donors (Lipinski definition) is 1. The molecule has 144 valence electrons. The van der Waals surface area contributed by atoms with E-state index in [1.165, 1.54) is 18.3 Å². The smallest absolute Gasteiger partial charge is 0.349 e. The third-order valence-electron chi connectivity index (χ3n) is 4.28. The molecule has 0 atom stereocenters. The molecular formula is C22H16FN3O3. The molecule has 0 aliphatic carbocycles. The molecule has 4 aromatic rings. The second kappa shape index (κ2) is 7.93. The first-order valence-electron chi connectivity index (χ1n) is 8.86. The summed E-state index contributed by atoms with van der Waals surface area (Å²) in [6, 6.07) is 19.9. The number of halogens is 1. The minimum Gasteiger partial charge on any atom is -0.489 e. The van der Waals surface area contributed by atoms with Gasteiger partial charge in [-0.2, -0.15) is 5.10 Å². The summed E-state index contributed by atoms with van der Waals surface area (Å²) in [5.41, 5.74) is 0.837. The molecule has 1 aromatic heterocycles. The Labute approximate surface area is 164 Å². The third kappa shape index (κ3) is 4.14. The molecule has 1 N–H and O–H groups in total. The van der Waals surface area contributed by atoms with Crippen LogP contribution >= 0.6 is 0 Å². The van der Waals surface area contributed by atoms with Crippen LogP contribution in [-0.4, -0.2) is 15.9 Å². The predicted molar refractivity (Wildman–Crippen MR) is 109 cm³/mol. The number of fused-ring (bicyclic) bond motifs is 1. The summed E-state index contributed by atoms with van der Waals surface area (Å²) in [6.45, 7) is 0.282. The Morgan fingerprint density at radius 2 is 1.79 bits per heavy atom. The van der Waals surface area contributed by atoms with Gasteiger partial charge in [0.1, 0.15) is 18.2 Å². The van der Waals surface area contributed by atoms with Crippen molar-refractivity contribution in [1.82, 2.24) is 9.66 Å². The highest BCUT2D eigenvalue weighted by Gasteiger charge is 2.05. The Kier molecular flexibility index (Phi) is 5.03. The summed E-state index contributed by atoms with van der Waals surface area (Å²) in [7, 11) is 0. The predicted octanol–water partition coefficient (Wildman–Crippen LogP) is 3.29. The number of nitrogens with zero attached hydrogens (tertiary/aromatic N) is 2. The number of H-pyrrole nitrogens is 1. The largest absolute Gasteiger partial charge is 0.489 e. The normalized spacial score (nSPS) is 11.2. The summed E-state index contributed by atoms with van der Waals surface area (Å²) >= 11 is 0. The van der Waals surface area contributed by atoms with Crippen LogP contribution < -0.4 is 16.0 Å². The zero-order valence-corrected chi connectivity index (χ0v) is 15.2. The van der Waals surface area contributed by atoms with Gasteiger partial charge in [-0.25, -0.2) is 9.18 Å². The average Bonchev–Trinajstić information content (AvgIpc) is 2.73. The van der Waals surface area contributed by atoms with Crippen molar-refractivity contribution in [1.29, 1.82) is 0 Å². The molecule has 1 heterocycles. The van der Waals surface area contributed by atoms with E-state index in [2.05, 4.69) is 10.1 Å².